The molecule has 0 aliphatic rings. The molecule has 1 aromatic carbocycles. The highest BCUT2D eigenvalue weighted by molar-refractivity contribution is 6.43. The molecule has 0 radical (unpaired) electrons. The van der Waals surface area contributed by atoms with Crippen molar-refractivity contribution in [3.05, 3.63) is 40.4 Å². The largest absolute Gasteiger partial charge is 0.366 e. The van der Waals surface area contributed by atoms with Crippen molar-refractivity contribution in [1.29, 1.82) is 0 Å². The third-order valence-corrected chi connectivity index (χ3v) is 2.78. The first kappa shape index (κ1) is 10.9. The molecule has 1 aromatic heterocycles. The fraction of sp³-hybridized carbons (Fsp3) is 0. The van der Waals surface area contributed by atoms with Gasteiger partial charge in [0.25, 0.3) is 0 Å². The van der Waals surface area contributed by atoms with Crippen molar-refractivity contribution >= 4 is 29.1 Å². The third-order valence-electron chi connectivity index (χ3n) is 1.99. The van der Waals surface area contributed by atoms with Gasteiger partial charge in [-0.05, 0) is 12.1 Å². The topological polar surface area (TPSA) is 73.8 Å². The number of primary amides is 1. The summed E-state index contributed by atoms with van der Waals surface area (Å²) in [7, 11) is 0. The highest BCUT2D eigenvalue weighted by Gasteiger charge is 2.12. The van der Waals surface area contributed by atoms with E-state index in [1.54, 1.807) is 4.57 Å². The van der Waals surface area contributed by atoms with Crippen LogP contribution in [0, 0.1) is 0 Å². The average Bonchev–Trinajstić information content (AvgIpc) is 2.74. The van der Waals surface area contributed by atoms with Gasteiger partial charge in [0.15, 0.2) is 0 Å². The normalized spacial score (nSPS) is 10.4. The van der Waals surface area contributed by atoms with Crippen molar-refractivity contribution in [2.24, 2.45) is 5.73 Å². The number of aromatic nitrogens is 3. The lowest BCUT2D eigenvalue weighted by molar-refractivity contribution is 0.100. The fourth-order valence-corrected chi connectivity index (χ4v) is 1.65. The van der Waals surface area contributed by atoms with Crippen LogP contribution in [0.15, 0.2) is 24.8 Å². The molecule has 0 spiro atoms. The molecule has 0 saturated heterocycles. The van der Waals surface area contributed by atoms with Gasteiger partial charge >= 0.3 is 0 Å². The zero-order valence-electron chi connectivity index (χ0n) is 7.89. The van der Waals surface area contributed by atoms with Crippen LogP contribution in [0.1, 0.15) is 10.4 Å². The van der Waals surface area contributed by atoms with Crippen LogP contribution in [0.3, 0.4) is 0 Å². The summed E-state index contributed by atoms with van der Waals surface area (Å²) in [5, 5.41) is 7.84. The van der Waals surface area contributed by atoms with Crippen LogP contribution in [-0.2, 0) is 0 Å². The molecule has 0 aliphatic heterocycles. The number of nitrogens with zero attached hydrogens (tertiary/aromatic N) is 3. The zero-order chi connectivity index (χ0) is 11.7. The average molecular weight is 257 g/mol. The summed E-state index contributed by atoms with van der Waals surface area (Å²) in [6.45, 7) is 0. The Hall–Kier alpha value is -1.59. The Morgan fingerprint density at radius 1 is 1.25 bits per heavy atom. The van der Waals surface area contributed by atoms with Gasteiger partial charge < -0.3 is 5.73 Å². The molecule has 0 atom stereocenters. The first-order valence-electron chi connectivity index (χ1n) is 4.23. The quantitative estimate of drug-likeness (QED) is 0.889. The maximum Gasteiger partial charge on any atom is 0.248 e. The summed E-state index contributed by atoms with van der Waals surface area (Å²) >= 11 is 11.9. The number of nitrogens with two attached hydrogens (primary N) is 1. The molecule has 0 saturated carbocycles. The van der Waals surface area contributed by atoms with E-state index in [4.69, 9.17) is 28.9 Å². The monoisotopic (exact) mass is 256 g/mol. The van der Waals surface area contributed by atoms with Gasteiger partial charge in [-0.3, -0.25) is 9.36 Å². The Balaban J connectivity index is 2.65. The number of benzene rings is 1. The molecule has 1 amide bonds. The predicted octanol–water partition coefficient (Wildman–Crippen LogP) is 1.67. The maximum absolute atomic E-state index is 11.1. The van der Waals surface area contributed by atoms with Gasteiger partial charge in [0.2, 0.25) is 5.91 Å². The van der Waals surface area contributed by atoms with Gasteiger partial charge in [-0.2, -0.15) is 0 Å². The van der Waals surface area contributed by atoms with Crippen LogP contribution in [-0.4, -0.2) is 20.7 Å². The SMILES string of the molecule is NC(=O)c1cc(Cl)c(Cl)c(-n2cnnc2)c1. The molecule has 2 rings (SSSR count). The lowest BCUT2D eigenvalue weighted by Gasteiger charge is -2.07. The molecule has 2 aromatic rings. The minimum atomic E-state index is -0.576. The van der Waals surface area contributed by atoms with Crippen molar-refractivity contribution in [2.45, 2.75) is 0 Å². The number of carbonyl (C=O) groups excluding carboxylic acids is 1. The number of carbonyl (C=O) groups is 1. The highest BCUT2D eigenvalue weighted by Crippen LogP contribution is 2.29. The Morgan fingerprint density at radius 2 is 1.88 bits per heavy atom. The second-order valence-electron chi connectivity index (χ2n) is 3.02. The Bertz CT molecular complexity index is 539. The number of amides is 1. The molecule has 2 N–H and O–H groups in total. The van der Waals surface area contributed by atoms with Crippen molar-refractivity contribution in [3.8, 4) is 5.69 Å². The lowest BCUT2D eigenvalue weighted by atomic mass is 10.2. The van der Waals surface area contributed by atoms with Gasteiger partial charge in [0, 0.05) is 5.56 Å². The van der Waals surface area contributed by atoms with E-state index in [1.165, 1.54) is 24.8 Å². The summed E-state index contributed by atoms with van der Waals surface area (Å²) < 4.78 is 1.54. The van der Waals surface area contributed by atoms with E-state index in [0.29, 0.717) is 10.7 Å². The molecule has 82 valence electrons. The molecular weight excluding hydrogens is 251 g/mol. The summed E-state index contributed by atoms with van der Waals surface area (Å²) in [5.74, 6) is -0.576. The van der Waals surface area contributed by atoms with E-state index in [0.717, 1.165) is 0 Å². The molecular formula is C9H6Cl2N4O. The number of rotatable bonds is 2. The summed E-state index contributed by atoms with van der Waals surface area (Å²) in [6.07, 6.45) is 2.89. The molecule has 0 fully saturated rings. The van der Waals surface area contributed by atoms with Gasteiger partial charge in [-0.25, -0.2) is 0 Å². The first-order valence-corrected chi connectivity index (χ1v) is 4.99. The summed E-state index contributed by atoms with van der Waals surface area (Å²) in [5.41, 5.74) is 5.96. The minimum Gasteiger partial charge on any atom is -0.366 e. The van der Waals surface area contributed by atoms with Gasteiger partial charge in [0.1, 0.15) is 12.7 Å². The van der Waals surface area contributed by atoms with Crippen LogP contribution >= 0.6 is 23.2 Å². The number of halogens is 2. The highest BCUT2D eigenvalue weighted by atomic mass is 35.5. The Kier molecular flexibility index (Phi) is 2.80. The van der Waals surface area contributed by atoms with Crippen LogP contribution in [0.25, 0.3) is 5.69 Å². The molecule has 7 heteroatoms. The number of hydrogen-bond donors (Lipinski definition) is 1. The second kappa shape index (κ2) is 4.11. The summed E-state index contributed by atoms with van der Waals surface area (Å²) in [6, 6.07) is 2.94. The molecule has 0 bridgehead atoms. The van der Waals surface area contributed by atoms with Crippen LogP contribution in [0.2, 0.25) is 10.0 Å². The van der Waals surface area contributed by atoms with Crippen molar-refractivity contribution in [3.63, 3.8) is 0 Å². The van der Waals surface area contributed by atoms with E-state index in [1.807, 2.05) is 0 Å². The van der Waals surface area contributed by atoms with Gasteiger partial charge in [-0.15, -0.1) is 10.2 Å². The number of hydrogen-bond acceptors (Lipinski definition) is 3. The van der Waals surface area contributed by atoms with Crippen LogP contribution in [0.5, 0.6) is 0 Å². The third kappa shape index (κ3) is 1.87. The maximum atomic E-state index is 11.1. The van der Waals surface area contributed by atoms with E-state index in [9.17, 15) is 4.79 Å². The second-order valence-corrected chi connectivity index (χ2v) is 3.81. The molecule has 0 aliphatic carbocycles. The van der Waals surface area contributed by atoms with E-state index < -0.39 is 5.91 Å². The van der Waals surface area contributed by atoms with Crippen molar-refractivity contribution in [1.82, 2.24) is 14.8 Å². The standard InChI is InChI=1S/C9H6Cl2N4O/c10-6-1-5(9(12)16)2-7(8(6)11)15-3-13-14-4-15/h1-4H,(H2,12,16). The Morgan fingerprint density at radius 3 is 2.44 bits per heavy atom. The van der Waals surface area contributed by atoms with Crippen molar-refractivity contribution in [2.75, 3.05) is 0 Å². The fourth-order valence-electron chi connectivity index (χ4n) is 1.23. The minimum absolute atomic E-state index is 0.252. The molecule has 5 nitrogen and oxygen atoms in total. The molecule has 16 heavy (non-hydrogen) atoms. The first-order chi connectivity index (χ1) is 7.59. The van der Waals surface area contributed by atoms with Crippen LogP contribution < -0.4 is 5.73 Å². The molecule has 1 heterocycles. The van der Waals surface area contributed by atoms with E-state index in [2.05, 4.69) is 10.2 Å². The van der Waals surface area contributed by atoms with Crippen LogP contribution in [0.4, 0.5) is 0 Å². The lowest BCUT2D eigenvalue weighted by Crippen LogP contribution is -2.11. The molecule has 0 unspecified atom stereocenters. The van der Waals surface area contributed by atoms with Gasteiger partial charge in [-0.1, -0.05) is 23.2 Å². The van der Waals surface area contributed by atoms with E-state index >= 15 is 0 Å². The Labute approximate surface area is 101 Å². The van der Waals surface area contributed by atoms with Gasteiger partial charge in [0.05, 0.1) is 15.7 Å². The van der Waals surface area contributed by atoms with Crippen molar-refractivity contribution < 1.29 is 4.79 Å². The zero-order valence-corrected chi connectivity index (χ0v) is 9.40. The smallest absolute Gasteiger partial charge is 0.248 e. The predicted molar refractivity (Wildman–Crippen MR) is 59.9 cm³/mol. The van der Waals surface area contributed by atoms with E-state index in [-0.39, 0.29) is 10.6 Å². The summed E-state index contributed by atoms with van der Waals surface area (Å²) in [4.78, 5) is 11.1.